The zero-order chi connectivity index (χ0) is 21.0. The minimum absolute atomic E-state index is 0. The number of unbranched alkanes of at least 4 members (excludes halogenated alkanes) is 1. The van der Waals surface area contributed by atoms with Crippen LogP contribution in [0.15, 0.2) is 24.3 Å². The number of rotatable bonds is 7. The van der Waals surface area contributed by atoms with Crippen molar-refractivity contribution < 1.29 is 13.2 Å². The van der Waals surface area contributed by atoms with Crippen molar-refractivity contribution in [2.45, 2.75) is 44.8 Å². The molecule has 0 saturated carbocycles. The van der Waals surface area contributed by atoms with E-state index in [1.165, 1.54) is 6.07 Å². The molecule has 0 bridgehead atoms. The second-order valence-corrected chi connectivity index (χ2v) is 7.33. The molecule has 0 aliphatic carbocycles. The lowest BCUT2D eigenvalue weighted by atomic mass is 10.1. The standard InChI is InChI=1S/C20H27F3N6.2ClH/c1-3-4-5-15-11-18(29-7-6-16(12-29)25-2)28-19(26-15)27-17-9-13(20(21,22)23)8-14(24)10-17;;/h8-11,16,25H,3-7,12,24H2,1-2H3,(H,26,27,28);2*1H/t16-;;/m0../s1. The van der Waals surface area contributed by atoms with Gasteiger partial charge in [-0.1, -0.05) is 13.3 Å². The Morgan fingerprint density at radius 1 is 1.16 bits per heavy atom. The van der Waals surface area contributed by atoms with Crippen LogP contribution in [0.2, 0.25) is 0 Å². The Kier molecular flexibility index (Phi) is 10.1. The van der Waals surface area contributed by atoms with Gasteiger partial charge in [-0.3, -0.25) is 0 Å². The average molecular weight is 481 g/mol. The number of aromatic nitrogens is 2. The summed E-state index contributed by atoms with van der Waals surface area (Å²) in [4.78, 5) is 11.2. The molecule has 4 N–H and O–H groups in total. The van der Waals surface area contributed by atoms with Gasteiger partial charge >= 0.3 is 6.18 Å². The van der Waals surface area contributed by atoms with Crippen molar-refractivity contribution in [2.24, 2.45) is 0 Å². The number of hydrogen-bond donors (Lipinski definition) is 3. The first-order valence-electron chi connectivity index (χ1n) is 9.83. The monoisotopic (exact) mass is 480 g/mol. The van der Waals surface area contributed by atoms with E-state index in [9.17, 15) is 13.2 Å². The Hall–Kier alpha value is -1.97. The minimum Gasteiger partial charge on any atom is -0.399 e. The first kappa shape index (κ1) is 27.1. The van der Waals surface area contributed by atoms with Crippen molar-refractivity contribution in [3.63, 3.8) is 0 Å². The lowest BCUT2D eigenvalue weighted by Crippen LogP contribution is -2.30. The molecule has 6 nitrogen and oxygen atoms in total. The normalized spacial score (nSPS) is 15.9. The summed E-state index contributed by atoms with van der Waals surface area (Å²) in [6.45, 7) is 3.80. The number of nitrogens with two attached hydrogens (primary N) is 1. The molecule has 2 heterocycles. The molecule has 11 heteroatoms. The summed E-state index contributed by atoms with van der Waals surface area (Å²) in [5.74, 6) is 1.06. The molecular weight excluding hydrogens is 452 g/mol. The smallest absolute Gasteiger partial charge is 0.399 e. The third-order valence-electron chi connectivity index (χ3n) is 5.01. The topological polar surface area (TPSA) is 79.1 Å². The van der Waals surface area contributed by atoms with Crippen molar-refractivity contribution in [2.75, 3.05) is 36.1 Å². The zero-order valence-corrected chi connectivity index (χ0v) is 19.1. The van der Waals surface area contributed by atoms with Gasteiger partial charge in [0.15, 0.2) is 0 Å². The van der Waals surface area contributed by atoms with E-state index in [1.807, 2.05) is 13.1 Å². The van der Waals surface area contributed by atoms with Crippen LogP contribution in [0.3, 0.4) is 0 Å². The van der Waals surface area contributed by atoms with Crippen molar-refractivity contribution in [3.8, 4) is 0 Å². The number of nitrogen functional groups attached to an aromatic ring is 1. The number of aryl methyl sites for hydroxylation is 1. The van der Waals surface area contributed by atoms with Crippen LogP contribution in [-0.4, -0.2) is 36.1 Å². The Bertz CT molecular complexity index is 850. The fourth-order valence-corrected chi connectivity index (χ4v) is 3.41. The third kappa shape index (κ3) is 7.29. The summed E-state index contributed by atoms with van der Waals surface area (Å²) >= 11 is 0. The number of halogens is 5. The molecule has 1 atom stereocenters. The number of anilines is 4. The van der Waals surface area contributed by atoms with E-state index in [0.717, 1.165) is 62.4 Å². The Morgan fingerprint density at radius 3 is 2.52 bits per heavy atom. The maximum Gasteiger partial charge on any atom is 0.416 e. The van der Waals surface area contributed by atoms with Crippen molar-refractivity contribution in [1.29, 1.82) is 0 Å². The first-order valence-corrected chi connectivity index (χ1v) is 9.83. The Morgan fingerprint density at radius 2 is 1.90 bits per heavy atom. The van der Waals surface area contributed by atoms with Gasteiger partial charge in [0.05, 0.1) is 5.56 Å². The molecular formula is C20H29Cl2F3N6. The van der Waals surface area contributed by atoms with Gasteiger partial charge in [0, 0.05) is 42.3 Å². The SMILES string of the molecule is CCCCc1cc(N2CC[C@H](NC)C2)nc(Nc2cc(N)cc(C(F)(F)F)c2)n1.Cl.Cl. The van der Waals surface area contributed by atoms with Gasteiger partial charge in [0.25, 0.3) is 0 Å². The zero-order valence-electron chi connectivity index (χ0n) is 17.5. The second kappa shape index (κ2) is 11.6. The van der Waals surface area contributed by atoms with E-state index in [-0.39, 0.29) is 42.1 Å². The van der Waals surface area contributed by atoms with Crippen molar-refractivity contribution in [3.05, 3.63) is 35.5 Å². The lowest BCUT2D eigenvalue weighted by Gasteiger charge is -2.19. The van der Waals surface area contributed by atoms with Crippen LogP contribution >= 0.6 is 24.8 Å². The van der Waals surface area contributed by atoms with Crippen LogP contribution in [0.4, 0.5) is 36.3 Å². The number of nitrogens with zero attached hydrogens (tertiary/aromatic N) is 3. The molecule has 1 aromatic carbocycles. The summed E-state index contributed by atoms with van der Waals surface area (Å²) < 4.78 is 39.3. The fraction of sp³-hybridized carbons (Fsp3) is 0.500. The maximum absolute atomic E-state index is 13.1. The highest BCUT2D eigenvalue weighted by Crippen LogP contribution is 2.33. The minimum atomic E-state index is -4.47. The molecule has 174 valence electrons. The third-order valence-corrected chi connectivity index (χ3v) is 5.01. The molecule has 1 aliphatic heterocycles. The molecule has 0 amide bonds. The summed E-state index contributed by atoms with van der Waals surface area (Å²) in [6, 6.07) is 5.75. The van der Waals surface area contributed by atoms with Gasteiger partial charge in [-0.2, -0.15) is 18.2 Å². The number of alkyl halides is 3. The second-order valence-electron chi connectivity index (χ2n) is 7.33. The van der Waals surface area contributed by atoms with Gasteiger partial charge in [-0.25, -0.2) is 4.98 Å². The van der Waals surface area contributed by atoms with E-state index in [4.69, 9.17) is 5.73 Å². The van der Waals surface area contributed by atoms with Crippen LogP contribution in [0, 0.1) is 0 Å². The maximum atomic E-state index is 13.1. The van der Waals surface area contributed by atoms with Crippen LogP contribution in [0.25, 0.3) is 0 Å². The molecule has 1 fully saturated rings. The molecule has 1 aromatic heterocycles. The van der Waals surface area contributed by atoms with Gasteiger partial charge < -0.3 is 21.3 Å². The van der Waals surface area contributed by atoms with E-state index in [2.05, 4.69) is 32.4 Å². The summed E-state index contributed by atoms with van der Waals surface area (Å²) in [7, 11) is 1.94. The summed E-state index contributed by atoms with van der Waals surface area (Å²) in [5.41, 5.74) is 5.97. The number of nitrogens with one attached hydrogen (secondary N) is 2. The quantitative estimate of drug-likeness (QED) is 0.493. The van der Waals surface area contributed by atoms with Crippen LogP contribution < -0.4 is 21.3 Å². The largest absolute Gasteiger partial charge is 0.416 e. The van der Waals surface area contributed by atoms with E-state index >= 15 is 0 Å². The lowest BCUT2D eigenvalue weighted by molar-refractivity contribution is -0.137. The van der Waals surface area contributed by atoms with Crippen molar-refractivity contribution >= 4 is 48.0 Å². The van der Waals surface area contributed by atoms with Crippen LogP contribution in [-0.2, 0) is 12.6 Å². The highest BCUT2D eigenvalue weighted by atomic mass is 35.5. The highest BCUT2D eigenvalue weighted by Gasteiger charge is 2.31. The van der Waals surface area contributed by atoms with E-state index < -0.39 is 11.7 Å². The first-order chi connectivity index (χ1) is 13.8. The average Bonchev–Trinajstić information content (AvgIpc) is 3.14. The summed E-state index contributed by atoms with van der Waals surface area (Å²) in [5, 5.41) is 6.19. The molecule has 2 aromatic rings. The van der Waals surface area contributed by atoms with Gasteiger partial charge in [-0.15, -0.1) is 24.8 Å². The Balaban J connectivity index is 0.00000240. The number of hydrogen-bond acceptors (Lipinski definition) is 6. The van der Waals surface area contributed by atoms with Crippen molar-refractivity contribution in [1.82, 2.24) is 15.3 Å². The molecule has 0 radical (unpaired) electrons. The van der Waals surface area contributed by atoms with E-state index in [1.54, 1.807) is 0 Å². The molecule has 1 saturated heterocycles. The number of likely N-dealkylation sites (N-methyl/N-ethyl adjacent to an activating group) is 1. The molecule has 31 heavy (non-hydrogen) atoms. The van der Waals surface area contributed by atoms with Gasteiger partial charge in [-0.05, 0) is 44.5 Å². The molecule has 0 spiro atoms. The predicted molar refractivity (Wildman–Crippen MR) is 124 cm³/mol. The number of benzene rings is 1. The molecule has 0 unspecified atom stereocenters. The highest BCUT2D eigenvalue weighted by molar-refractivity contribution is 5.85. The van der Waals surface area contributed by atoms with Crippen LogP contribution in [0.1, 0.15) is 37.4 Å². The molecule has 3 rings (SSSR count). The molecule has 1 aliphatic rings. The van der Waals surface area contributed by atoms with Gasteiger partial charge in [0.1, 0.15) is 5.82 Å². The summed E-state index contributed by atoms with van der Waals surface area (Å²) in [6.07, 6.45) is -0.672. The fourth-order valence-electron chi connectivity index (χ4n) is 3.41. The predicted octanol–water partition coefficient (Wildman–Crippen LogP) is 4.81. The van der Waals surface area contributed by atoms with Crippen LogP contribution in [0.5, 0.6) is 0 Å². The van der Waals surface area contributed by atoms with Gasteiger partial charge in [0.2, 0.25) is 5.95 Å². The Labute approximate surface area is 193 Å². The van der Waals surface area contributed by atoms with E-state index in [0.29, 0.717) is 6.04 Å².